The van der Waals surface area contributed by atoms with Crippen LogP contribution in [0.1, 0.15) is 13.8 Å². The van der Waals surface area contributed by atoms with Gasteiger partial charge in [0.15, 0.2) is 5.78 Å². The Hall–Kier alpha value is -2.94. The molecule has 1 rings (SSSR count). The second-order valence-electron chi connectivity index (χ2n) is 6.12. The van der Waals surface area contributed by atoms with Gasteiger partial charge in [0.25, 0.3) is 12.3 Å². The number of aliphatic hydroxyl groups excluding tert-OH is 1. The first-order chi connectivity index (χ1) is 13.2. The van der Waals surface area contributed by atoms with Crippen LogP contribution in [0.5, 0.6) is 0 Å². The number of nitrogens with one attached hydrogen (secondary N) is 1. The first-order valence-corrected chi connectivity index (χ1v) is 8.42. The Morgan fingerprint density at radius 2 is 2.14 bits per heavy atom. The first kappa shape index (κ1) is 23.1. The zero-order chi connectivity index (χ0) is 21.3. The molecule has 0 spiro atoms. The van der Waals surface area contributed by atoms with Crippen LogP contribution in [0.25, 0.3) is 0 Å². The van der Waals surface area contributed by atoms with Gasteiger partial charge in [0.2, 0.25) is 0 Å². The van der Waals surface area contributed by atoms with E-state index in [1.807, 2.05) is 0 Å². The van der Waals surface area contributed by atoms with Crippen LogP contribution in [0.4, 0.5) is 8.78 Å². The summed E-state index contributed by atoms with van der Waals surface area (Å²) >= 11 is 0. The molecular formula is C19H23F2N3O4. The van der Waals surface area contributed by atoms with E-state index in [1.54, 1.807) is 0 Å². The minimum Gasteiger partial charge on any atom is -0.385 e. The fourth-order valence-corrected chi connectivity index (χ4v) is 2.50. The van der Waals surface area contributed by atoms with Crippen molar-refractivity contribution >= 4 is 24.7 Å². The van der Waals surface area contributed by atoms with E-state index in [9.17, 15) is 28.3 Å². The summed E-state index contributed by atoms with van der Waals surface area (Å²) < 4.78 is 24.7. The Balaban J connectivity index is 3.12. The molecule has 0 aromatic rings. The third-order valence-electron chi connectivity index (χ3n) is 3.75. The largest absolute Gasteiger partial charge is 0.385 e. The number of allylic oxidation sites excluding steroid dienone is 1. The number of aldehydes is 1. The van der Waals surface area contributed by atoms with Crippen molar-refractivity contribution in [3.05, 3.63) is 46.8 Å². The SMILES string of the molecule is C=N/C=C\C1=C(C(=O)[C@@H](C)O)CN(CC(C=C(C)C=O)=CNCC(F)F)C1=O. The van der Waals surface area contributed by atoms with Gasteiger partial charge in [0.05, 0.1) is 13.1 Å². The molecule has 2 N–H and O–H groups in total. The van der Waals surface area contributed by atoms with Gasteiger partial charge in [-0.1, -0.05) is 0 Å². The Labute approximate surface area is 161 Å². The van der Waals surface area contributed by atoms with Crippen molar-refractivity contribution in [2.75, 3.05) is 19.6 Å². The molecule has 0 aromatic heterocycles. The number of aliphatic hydroxyl groups is 1. The van der Waals surface area contributed by atoms with E-state index in [4.69, 9.17) is 0 Å². The Bertz CT molecular complexity index is 752. The predicted molar refractivity (Wildman–Crippen MR) is 101 cm³/mol. The predicted octanol–water partition coefficient (Wildman–Crippen LogP) is 1.17. The zero-order valence-electron chi connectivity index (χ0n) is 15.7. The van der Waals surface area contributed by atoms with E-state index in [0.29, 0.717) is 17.4 Å². The molecular weight excluding hydrogens is 372 g/mol. The number of hydrogen-bond acceptors (Lipinski definition) is 6. The summed E-state index contributed by atoms with van der Waals surface area (Å²) in [6.07, 6.45) is 2.07. The molecule has 152 valence electrons. The molecule has 7 nitrogen and oxygen atoms in total. The van der Waals surface area contributed by atoms with E-state index in [-0.39, 0.29) is 24.2 Å². The molecule has 0 aliphatic carbocycles. The number of carbonyl (C=O) groups is 3. The highest BCUT2D eigenvalue weighted by molar-refractivity contribution is 6.12. The number of ketones is 1. The highest BCUT2D eigenvalue weighted by Gasteiger charge is 2.33. The van der Waals surface area contributed by atoms with Crippen molar-refractivity contribution in [1.82, 2.24) is 10.2 Å². The van der Waals surface area contributed by atoms with Crippen LogP contribution < -0.4 is 5.32 Å². The molecule has 0 saturated heterocycles. The number of carbonyl (C=O) groups excluding carboxylic acids is 3. The lowest BCUT2D eigenvalue weighted by Gasteiger charge is -2.18. The quantitative estimate of drug-likeness (QED) is 0.237. The maximum absolute atomic E-state index is 12.7. The number of halogens is 2. The Morgan fingerprint density at radius 1 is 1.46 bits per heavy atom. The van der Waals surface area contributed by atoms with E-state index >= 15 is 0 Å². The summed E-state index contributed by atoms with van der Waals surface area (Å²) in [5, 5.41) is 12.0. The first-order valence-electron chi connectivity index (χ1n) is 8.42. The molecule has 0 aromatic carbocycles. The lowest BCUT2D eigenvalue weighted by molar-refractivity contribution is -0.124. The Morgan fingerprint density at radius 3 is 2.68 bits per heavy atom. The van der Waals surface area contributed by atoms with Crippen molar-refractivity contribution < 1.29 is 28.3 Å². The number of nitrogens with zero attached hydrogens (tertiary/aromatic N) is 2. The van der Waals surface area contributed by atoms with Crippen molar-refractivity contribution in [3.8, 4) is 0 Å². The molecule has 1 amide bonds. The summed E-state index contributed by atoms with van der Waals surface area (Å²) in [4.78, 5) is 40.6. The summed E-state index contributed by atoms with van der Waals surface area (Å²) in [6, 6.07) is 0. The van der Waals surface area contributed by atoms with Crippen LogP contribution in [0, 0.1) is 0 Å². The van der Waals surface area contributed by atoms with Gasteiger partial charge in [-0.2, -0.15) is 0 Å². The number of alkyl halides is 2. The third kappa shape index (κ3) is 6.66. The summed E-state index contributed by atoms with van der Waals surface area (Å²) in [5.74, 6) is -1.08. The number of hydrogen-bond donors (Lipinski definition) is 2. The van der Waals surface area contributed by atoms with Gasteiger partial charge >= 0.3 is 0 Å². The van der Waals surface area contributed by atoms with Gasteiger partial charge in [0, 0.05) is 30.1 Å². The standard InChI is InChI=1S/C19H23F2N3O4/c1-12(11-25)6-14(7-23-8-17(20)21)9-24-10-16(18(27)13(2)26)15(19(24)28)4-5-22-3/h4-7,11,13,17,23,26H,3,8-10H2,1-2H3/b5-4-,12-6?,14-7?/t13-/m1/s1. The normalized spacial score (nSPS) is 16.9. The monoisotopic (exact) mass is 395 g/mol. The van der Waals surface area contributed by atoms with Crippen LogP contribution in [-0.2, 0) is 14.4 Å². The molecule has 1 heterocycles. The molecule has 1 aliphatic heterocycles. The summed E-state index contributed by atoms with van der Waals surface area (Å²) in [5.41, 5.74) is 0.931. The van der Waals surface area contributed by atoms with E-state index in [2.05, 4.69) is 17.0 Å². The average Bonchev–Trinajstić information content (AvgIpc) is 2.94. The van der Waals surface area contributed by atoms with E-state index in [0.717, 1.165) is 0 Å². The molecule has 9 heteroatoms. The van der Waals surface area contributed by atoms with Crippen molar-refractivity contribution in [3.63, 3.8) is 0 Å². The fourth-order valence-electron chi connectivity index (χ4n) is 2.50. The van der Waals surface area contributed by atoms with Crippen molar-refractivity contribution in [2.45, 2.75) is 26.4 Å². The number of rotatable bonds is 11. The van der Waals surface area contributed by atoms with Gasteiger partial charge in [0.1, 0.15) is 12.4 Å². The second kappa shape index (κ2) is 11.0. The summed E-state index contributed by atoms with van der Waals surface area (Å²) in [7, 11) is 0. The van der Waals surface area contributed by atoms with Gasteiger partial charge in [-0.25, -0.2) is 8.78 Å². The molecule has 0 saturated carbocycles. The smallest absolute Gasteiger partial charge is 0.255 e. The second-order valence-corrected chi connectivity index (χ2v) is 6.12. The highest BCUT2D eigenvalue weighted by atomic mass is 19.3. The number of aliphatic imine (C=N–C) groups is 1. The minimum absolute atomic E-state index is 0.0320. The third-order valence-corrected chi connectivity index (χ3v) is 3.75. The van der Waals surface area contributed by atoms with Gasteiger partial charge in [-0.3, -0.25) is 19.4 Å². The molecule has 28 heavy (non-hydrogen) atoms. The van der Waals surface area contributed by atoms with Crippen LogP contribution in [0.2, 0.25) is 0 Å². The van der Waals surface area contributed by atoms with Crippen LogP contribution >= 0.6 is 0 Å². The molecule has 0 bridgehead atoms. The van der Waals surface area contributed by atoms with Gasteiger partial charge in [-0.05, 0) is 43.9 Å². The molecule has 0 unspecified atom stereocenters. The molecule has 1 atom stereocenters. The van der Waals surface area contributed by atoms with Gasteiger partial charge < -0.3 is 15.3 Å². The maximum Gasteiger partial charge on any atom is 0.255 e. The molecule has 0 radical (unpaired) electrons. The molecule has 0 fully saturated rings. The van der Waals surface area contributed by atoms with Gasteiger partial charge in [-0.15, -0.1) is 0 Å². The van der Waals surface area contributed by atoms with E-state index < -0.39 is 30.8 Å². The van der Waals surface area contributed by atoms with Crippen LogP contribution in [0.3, 0.4) is 0 Å². The lowest BCUT2D eigenvalue weighted by Crippen LogP contribution is -2.31. The fraction of sp³-hybridized carbons (Fsp3) is 0.368. The lowest BCUT2D eigenvalue weighted by atomic mass is 10.0. The van der Waals surface area contributed by atoms with Crippen LogP contribution in [0.15, 0.2) is 51.8 Å². The van der Waals surface area contributed by atoms with E-state index in [1.165, 1.54) is 43.3 Å². The topological polar surface area (TPSA) is 99.1 Å². The van der Waals surface area contributed by atoms with Crippen molar-refractivity contribution in [1.29, 1.82) is 0 Å². The summed E-state index contributed by atoms with van der Waals surface area (Å²) in [6.45, 7) is 5.41. The number of amides is 1. The number of Topliss-reactive ketones (excluding diaryl/α,β-unsaturated/α-hetero) is 1. The molecule has 1 aliphatic rings. The van der Waals surface area contributed by atoms with Crippen molar-refractivity contribution in [2.24, 2.45) is 4.99 Å². The maximum atomic E-state index is 12.7. The average molecular weight is 395 g/mol. The minimum atomic E-state index is -2.57. The zero-order valence-corrected chi connectivity index (χ0v) is 15.7. The highest BCUT2D eigenvalue weighted by Crippen LogP contribution is 2.23. The Kier molecular flexibility index (Phi) is 9.10. The van der Waals surface area contributed by atoms with Crippen LogP contribution in [-0.4, -0.2) is 66.9 Å².